The zero-order valence-corrected chi connectivity index (χ0v) is 10.4. The Kier molecular flexibility index (Phi) is 4.72. The summed E-state index contributed by atoms with van der Waals surface area (Å²) in [7, 11) is 1.21. The van der Waals surface area contributed by atoms with Gasteiger partial charge in [0.05, 0.1) is 18.5 Å². The van der Waals surface area contributed by atoms with Crippen molar-refractivity contribution < 1.29 is 14.5 Å². The predicted octanol–water partition coefficient (Wildman–Crippen LogP) is 2.70. The topological polar surface area (TPSA) is 69.4 Å². The van der Waals surface area contributed by atoms with Crippen molar-refractivity contribution in [3.05, 3.63) is 38.4 Å². The van der Waals surface area contributed by atoms with E-state index in [2.05, 4.69) is 4.74 Å². The van der Waals surface area contributed by atoms with Gasteiger partial charge in [0.2, 0.25) is 0 Å². The summed E-state index contributed by atoms with van der Waals surface area (Å²) in [6, 6.07) is 2.89. The minimum absolute atomic E-state index is 0.0351. The number of ether oxygens (including phenoxy) is 1. The SMILES string of the molecule is COC(=O)Cc1cc(CCl)cc(Cl)c1[N+](=O)[O-]. The highest BCUT2D eigenvalue weighted by Gasteiger charge is 2.22. The molecule has 0 aliphatic carbocycles. The van der Waals surface area contributed by atoms with E-state index in [1.807, 2.05) is 0 Å². The molecule has 0 radical (unpaired) electrons. The summed E-state index contributed by atoms with van der Waals surface area (Å²) in [5, 5.41) is 10.8. The van der Waals surface area contributed by atoms with Crippen molar-refractivity contribution in [1.29, 1.82) is 0 Å². The van der Waals surface area contributed by atoms with E-state index < -0.39 is 10.9 Å². The van der Waals surface area contributed by atoms with Crippen LogP contribution >= 0.6 is 23.2 Å². The van der Waals surface area contributed by atoms with Crippen LogP contribution in [-0.4, -0.2) is 18.0 Å². The van der Waals surface area contributed by atoms with Crippen molar-refractivity contribution in [3.8, 4) is 0 Å². The van der Waals surface area contributed by atoms with Gasteiger partial charge in [-0.2, -0.15) is 0 Å². The van der Waals surface area contributed by atoms with E-state index in [0.29, 0.717) is 5.56 Å². The number of esters is 1. The molecule has 0 saturated carbocycles. The first-order chi connectivity index (χ1) is 7.99. The number of alkyl halides is 1. The van der Waals surface area contributed by atoms with Crippen LogP contribution in [0.25, 0.3) is 0 Å². The van der Waals surface area contributed by atoms with Crippen molar-refractivity contribution in [2.75, 3.05) is 7.11 Å². The largest absolute Gasteiger partial charge is 0.469 e. The van der Waals surface area contributed by atoms with Crippen molar-refractivity contribution in [1.82, 2.24) is 0 Å². The molecule has 0 unspecified atom stereocenters. The third-order valence-corrected chi connectivity index (χ3v) is 2.70. The Labute approximate surface area is 107 Å². The van der Waals surface area contributed by atoms with Gasteiger partial charge in [0.1, 0.15) is 5.02 Å². The summed E-state index contributed by atoms with van der Waals surface area (Å²) in [5.41, 5.74) is 0.525. The number of benzene rings is 1. The first-order valence-corrected chi connectivity index (χ1v) is 5.49. The molecule has 17 heavy (non-hydrogen) atoms. The van der Waals surface area contributed by atoms with Crippen LogP contribution in [0.1, 0.15) is 11.1 Å². The van der Waals surface area contributed by atoms with Crippen molar-refractivity contribution in [3.63, 3.8) is 0 Å². The van der Waals surface area contributed by atoms with Crippen LogP contribution in [0.15, 0.2) is 12.1 Å². The van der Waals surface area contributed by atoms with Gasteiger partial charge in [0, 0.05) is 11.4 Å². The molecule has 0 atom stereocenters. The Hall–Kier alpha value is -1.33. The van der Waals surface area contributed by atoms with Gasteiger partial charge in [-0.15, -0.1) is 11.6 Å². The van der Waals surface area contributed by atoms with Gasteiger partial charge in [0.15, 0.2) is 0 Å². The van der Waals surface area contributed by atoms with Crippen LogP contribution in [0.2, 0.25) is 5.02 Å². The highest BCUT2D eigenvalue weighted by atomic mass is 35.5. The molecule has 5 nitrogen and oxygen atoms in total. The molecule has 0 saturated heterocycles. The fraction of sp³-hybridized carbons (Fsp3) is 0.300. The second kappa shape index (κ2) is 5.84. The van der Waals surface area contributed by atoms with Crippen LogP contribution in [0.4, 0.5) is 5.69 Å². The van der Waals surface area contributed by atoms with E-state index in [1.54, 1.807) is 0 Å². The predicted molar refractivity (Wildman–Crippen MR) is 63.4 cm³/mol. The molecule has 1 aromatic carbocycles. The minimum Gasteiger partial charge on any atom is -0.469 e. The van der Waals surface area contributed by atoms with E-state index in [9.17, 15) is 14.9 Å². The number of nitro benzene ring substituents is 1. The maximum absolute atomic E-state index is 11.1. The third kappa shape index (κ3) is 3.31. The first kappa shape index (κ1) is 13.7. The summed E-state index contributed by atoms with van der Waals surface area (Å²) in [6.45, 7) is 0. The Morgan fingerprint density at radius 3 is 2.65 bits per heavy atom. The van der Waals surface area contributed by atoms with E-state index in [0.717, 1.165) is 0 Å². The lowest BCUT2D eigenvalue weighted by atomic mass is 10.1. The highest BCUT2D eigenvalue weighted by Crippen LogP contribution is 2.31. The molecule has 0 aliphatic heterocycles. The number of nitro groups is 1. The molecule has 0 fully saturated rings. The maximum Gasteiger partial charge on any atom is 0.310 e. The van der Waals surface area contributed by atoms with Gasteiger partial charge in [-0.25, -0.2) is 0 Å². The second-order valence-electron chi connectivity index (χ2n) is 3.23. The second-order valence-corrected chi connectivity index (χ2v) is 3.90. The fourth-order valence-electron chi connectivity index (χ4n) is 1.36. The third-order valence-electron chi connectivity index (χ3n) is 2.10. The molecule has 1 aromatic rings. The number of rotatable bonds is 4. The summed E-state index contributed by atoms with van der Waals surface area (Å²) in [5.74, 6) is -0.415. The number of methoxy groups -OCH3 is 1. The number of halogens is 2. The summed E-state index contributed by atoms with van der Waals surface area (Å²) in [6.07, 6.45) is -0.211. The molecule has 92 valence electrons. The molecule has 7 heteroatoms. The summed E-state index contributed by atoms with van der Waals surface area (Å²) < 4.78 is 4.46. The van der Waals surface area contributed by atoms with E-state index >= 15 is 0 Å². The van der Waals surface area contributed by atoms with Gasteiger partial charge in [-0.3, -0.25) is 14.9 Å². The number of nitrogens with zero attached hydrogens (tertiary/aromatic N) is 1. The smallest absolute Gasteiger partial charge is 0.310 e. The molecule has 0 N–H and O–H groups in total. The monoisotopic (exact) mass is 277 g/mol. The van der Waals surface area contributed by atoms with Crippen molar-refractivity contribution in [2.45, 2.75) is 12.3 Å². The van der Waals surface area contributed by atoms with Gasteiger partial charge in [-0.05, 0) is 17.7 Å². The zero-order valence-electron chi connectivity index (χ0n) is 8.91. The number of hydrogen-bond donors (Lipinski definition) is 0. The lowest BCUT2D eigenvalue weighted by Gasteiger charge is -2.06. The lowest BCUT2D eigenvalue weighted by Crippen LogP contribution is -2.07. The van der Waals surface area contributed by atoms with E-state index in [4.69, 9.17) is 23.2 Å². The van der Waals surface area contributed by atoms with Gasteiger partial charge >= 0.3 is 5.97 Å². The molecule has 0 heterocycles. The van der Waals surface area contributed by atoms with Crippen LogP contribution in [-0.2, 0) is 21.8 Å². The summed E-state index contributed by atoms with van der Waals surface area (Å²) >= 11 is 11.4. The number of carbonyl (C=O) groups excluding carboxylic acids is 1. The van der Waals surface area contributed by atoms with Crippen LogP contribution in [0, 0.1) is 10.1 Å². The zero-order chi connectivity index (χ0) is 13.0. The van der Waals surface area contributed by atoms with Gasteiger partial charge in [0.25, 0.3) is 5.69 Å². The minimum atomic E-state index is -0.626. The summed E-state index contributed by atoms with van der Waals surface area (Å²) in [4.78, 5) is 21.4. The first-order valence-electron chi connectivity index (χ1n) is 4.58. The average Bonchev–Trinajstić information content (AvgIpc) is 2.27. The Bertz CT molecular complexity index is 462. The van der Waals surface area contributed by atoms with E-state index in [1.165, 1.54) is 19.2 Å². The number of carbonyl (C=O) groups is 1. The normalized spacial score (nSPS) is 10.1. The molecule has 0 bridgehead atoms. The standard InChI is InChI=1S/C10H9Cl2NO4/c1-17-9(14)4-7-2-6(5-11)3-8(12)10(7)13(15)16/h2-3H,4-5H2,1H3. The molecule has 0 spiro atoms. The molecular formula is C10H9Cl2NO4. The lowest BCUT2D eigenvalue weighted by molar-refractivity contribution is -0.385. The Balaban J connectivity index is 3.27. The quantitative estimate of drug-likeness (QED) is 0.367. The van der Waals surface area contributed by atoms with Crippen molar-refractivity contribution >= 4 is 34.9 Å². The highest BCUT2D eigenvalue weighted by molar-refractivity contribution is 6.33. The van der Waals surface area contributed by atoms with Gasteiger partial charge < -0.3 is 4.74 Å². The maximum atomic E-state index is 11.1. The molecule has 0 aromatic heterocycles. The van der Waals surface area contributed by atoms with Crippen LogP contribution in [0.5, 0.6) is 0 Å². The van der Waals surface area contributed by atoms with Crippen LogP contribution < -0.4 is 0 Å². The van der Waals surface area contributed by atoms with Crippen LogP contribution in [0.3, 0.4) is 0 Å². The molecule has 0 amide bonds. The average molecular weight is 278 g/mol. The van der Waals surface area contributed by atoms with Gasteiger partial charge in [-0.1, -0.05) is 11.6 Å². The van der Waals surface area contributed by atoms with E-state index in [-0.39, 0.29) is 28.6 Å². The molecule has 1 rings (SSSR count). The fourth-order valence-corrected chi connectivity index (χ4v) is 1.85. The Morgan fingerprint density at radius 1 is 1.53 bits per heavy atom. The molecule has 0 aliphatic rings. The number of hydrogen-bond acceptors (Lipinski definition) is 4. The Morgan fingerprint density at radius 2 is 2.18 bits per heavy atom. The molecular weight excluding hydrogens is 269 g/mol. The van der Waals surface area contributed by atoms with Crippen molar-refractivity contribution in [2.24, 2.45) is 0 Å².